The number of amides is 2. The Hall–Kier alpha value is -1.88. The Kier molecular flexibility index (Phi) is 7.22. The van der Waals surface area contributed by atoms with Crippen molar-refractivity contribution < 1.29 is 9.59 Å². The number of piperidine rings is 1. The van der Waals surface area contributed by atoms with E-state index in [1.807, 2.05) is 31.7 Å². The van der Waals surface area contributed by atoms with Gasteiger partial charge in [0.1, 0.15) is 0 Å². The van der Waals surface area contributed by atoms with E-state index in [4.69, 9.17) is 0 Å². The lowest BCUT2D eigenvalue weighted by Gasteiger charge is -2.37. The Morgan fingerprint density at radius 2 is 1.80 bits per heavy atom. The molecule has 5 nitrogen and oxygen atoms in total. The summed E-state index contributed by atoms with van der Waals surface area (Å²) in [5.41, 5.74) is 0.836. The highest BCUT2D eigenvalue weighted by molar-refractivity contribution is 5.84. The Labute approximate surface area is 182 Å². The smallest absolute Gasteiger partial charge is 0.227 e. The summed E-state index contributed by atoms with van der Waals surface area (Å²) in [4.78, 5) is 27.5. The van der Waals surface area contributed by atoms with Crippen molar-refractivity contribution >= 4 is 11.8 Å². The molecule has 0 spiro atoms. The number of hydrogen-bond donors (Lipinski definition) is 2. The van der Waals surface area contributed by atoms with Crippen molar-refractivity contribution in [2.45, 2.75) is 77.8 Å². The number of hydrogen-bond acceptors (Lipinski definition) is 3. The lowest BCUT2D eigenvalue weighted by Crippen LogP contribution is -2.54. The van der Waals surface area contributed by atoms with Gasteiger partial charge >= 0.3 is 0 Å². The van der Waals surface area contributed by atoms with Crippen LogP contribution in [0, 0.1) is 11.3 Å². The highest BCUT2D eigenvalue weighted by Gasteiger charge is 2.37. The highest BCUT2D eigenvalue weighted by Crippen LogP contribution is 2.32. The fourth-order valence-corrected chi connectivity index (χ4v) is 4.96. The lowest BCUT2D eigenvalue weighted by atomic mass is 9.90. The molecule has 0 bridgehead atoms. The molecule has 0 aromatic heterocycles. The van der Waals surface area contributed by atoms with Crippen molar-refractivity contribution in [3.8, 4) is 0 Å². The zero-order chi connectivity index (χ0) is 21.8. The predicted octanol–water partition coefficient (Wildman–Crippen LogP) is 4.05. The minimum Gasteiger partial charge on any atom is -0.354 e. The first kappa shape index (κ1) is 22.8. The van der Waals surface area contributed by atoms with E-state index in [1.165, 1.54) is 18.4 Å². The molecule has 1 aliphatic heterocycles. The number of likely N-dealkylation sites (tertiary alicyclic amines) is 1. The van der Waals surface area contributed by atoms with Gasteiger partial charge in [-0.3, -0.25) is 9.59 Å². The maximum Gasteiger partial charge on any atom is 0.227 e. The molecule has 0 radical (unpaired) electrons. The van der Waals surface area contributed by atoms with E-state index in [1.54, 1.807) is 0 Å². The standard InChI is InChI=1S/C25H39N3O2/c1-19(20-11-6-5-7-12-20)27-25(14-8-9-15-25)18-26-22(29)21-13-10-16-28(17-21)23(30)24(2,3)4/h5-7,11-12,19,21,27H,8-10,13-18H2,1-4H3,(H,26,29). The Balaban J connectivity index is 1.58. The van der Waals surface area contributed by atoms with Crippen LogP contribution in [0.15, 0.2) is 30.3 Å². The molecule has 1 saturated carbocycles. The molecule has 2 unspecified atom stereocenters. The number of carbonyl (C=O) groups is 2. The maximum absolute atomic E-state index is 13.0. The molecular formula is C25H39N3O2. The summed E-state index contributed by atoms with van der Waals surface area (Å²) in [5.74, 6) is 0.141. The average molecular weight is 414 g/mol. The fourth-order valence-electron chi connectivity index (χ4n) is 4.96. The fraction of sp³-hybridized carbons (Fsp3) is 0.680. The third-order valence-electron chi connectivity index (χ3n) is 6.70. The van der Waals surface area contributed by atoms with Crippen molar-refractivity contribution in [2.75, 3.05) is 19.6 Å². The van der Waals surface area contributed by atoms with Crippen LogP contribution in [0.5, 0.6) is 0 Å². The molecule has 166 valence electrons. The zero-order valence-corrected chi connectivity index (χ0v) is 19.2. The van der Waals surface area contributed by atoms with Crippen molar-refractivity contribution in [2.24, 2.45) is 11.3 Å². The highest BCUT2D eigenvalue weighted by atomic mass is 16.2. The second-order valence-corrected chi connectivity index (χ2v) is 10.3. The first-order chi connectivity index (χ1) is 14.2. The molecule has 1 saturated heterocycles. The molecule has 2 N–H and O–H groups in total. The van der Waals surface area contributed by atoms with E-state index in [0.717, 1.165) is 32.2 Å². The molecule has 1 aliphatic carbocycles. The summed E-state index contributed by atoms with van der Waals surface area (Å²) in [6, 6.07) is 10.7. The van der Waals surface area contributed by atoms with E-state index in [9.17, 15) is 9.59 Å². The summed E-state index contributed by atoms with van der Waals surface area (Å²) < 4.78 is 0. The second-order valence-electron chi connectivity index (χ2n) is 10.3. The minimum absolute atomic E-state index is 0.0412. The molecule has 1 heterocycles. The number of rotatable bonds is 6. The van der Waals surface area contributed by atoms with Crippen molar-refractivity contribution in [3.63, 3.8) is 0 Å². The van der Waals surface area contributed by atoms with Gasteiger partial charge in [-0.25, -0.2) is 0 Å². The molecule has 2 amide bonds. The summed E-state index contributed by atoms with van der Waals surface area (Å²) in [6.07, 6.45) is 6.33. The van der Waals surface area contributed by atoms with Crippen LogP contribution in [0.2, 0.25) is 0 Å². The van der Waals surface area contributed by atoms with E-state index in [0.29, 0.717) is 13.1 Å². The van der Waals surface area contributed by atoms with Crippen LogP contribution in [0.1, 0.15) is 77.8 Å². The van der Waals surface area contributed by atoms with Gasteiger partial charge in [0, 0.05) is 36.6 Å². The summed E-state index contributed by atoms with van der Waals surface area (Å²) in [5, 5.41) is 7.09. The van der Waals surface area contributed by atoms with Crippen molar-refractivity contribution in [3.05, 3.63) is 35.9 Å². The molecule has 1 aromatic carbocycles. The Bertz CT molecular complexity index is 720. The molecule has 5 heteroatoms. The van der Waals surface area contributed by atoms with Crippen molar-refractivity contribution in [1.82, 2.24) is 15.5 Å². The third-order valence-corrected chi connectivity index (χ3v) is 6.70. The quantitative estimate of drug-likeness (QED) is 0.740. The van der Waals surface area contributed by atoms with Gasteiger partial charge < -0.3 is 15.5 Å². The number of carbonyl (C=O) groups excluding carboxylic acids is 2. The maximum atomic E-state index is 13.0. The molecule has 2 aliphatic rings. The van der Waals surface area contributed by atoms with Gasteiger partial charge in [-0.2, -0.15) is 0 Å². The van der Waals surface area contributed by atoms with Gasteiger partial charge in [-0.1, -0.05) is 63.9 Å². The predicted molar refractivity (Wildman–Crippen MR) is 121 cm³/mol. The Morgan fingerprint density at radius 1 is 1.13 bits per heavy atom. The van der Waals surface area contributed by atoms with Crippen LogP contribution < -0.4 is 10.6 Å². The topological polar surface area (TPSA) is 61.4 Å². The van der Waals surface area contributed by atoms with Crippen LogP contribution in [0.25, 0.3) is 0 Å². The SMILES string of the molecule is CC(NC1(CNC(=O)C2CCCN(C(=O)C(C)(C)C)C2)CCCC1)c1ccccc1. The van der Waals surface area contributed by atoms with E-state index >= 15 is 0 Å². The first-order valence-electron chi connectivity index (χ1n) is 11.6. The average Bonchev–Trinajstić information content (AvgIpc) is 3.20. The van der Waals surface area contributed by atoms with E-state index < -0.39 is 5.41 Å². The molecule has 2 fully saturated rings. The molecular weight excluding hydrogens is 374 g/mol. The van der Waals surface area contributed by atoms with Gasteiger partial charge in [0.25, 0.3) is 0 Å². The third kappa shape index (κ3) is 5.63. The first-order valence-corrected chi connectivity index (χ1v) is 11.6. The van der Waals surface area contributed by atoms with Crippen LogP contribution in [0.4, 0.5) is 0 Å². The van der Waals surface area contributed by atoms with E-state index in [-0.39, 0.29) is 29.3 Å². The van der Waals surface area contributed by atoms with Crippen LogP contribution in [-0.4, -0.2) is 41.9 Å². The largest absolute Gasteiger partial charge is 0.354 e. The summed E-state index contributed by atoms with van der Waals surface area (Å²) in [6.45, 7) is 10.0. The van der Waals surface area contributed by atoms with Crippen LogP contribution >= 0.6 is 0 Å². The normalized spacial score (nSPS) is 22.5. The van der Waals surface area contributed by atoms with Crippen LogP contribution in [0.3, 0.4) is 0 Å². The van der Waals surface area contributed by atoms with E-state index in [2.05, 4.69) is 41.8 Å². The molecule has 2 atom stereocenters. The zero-order valence-electron chi connectivity index (χ0n) is 19.2. The monoisotopic (exact) mass is 413 g/mol. The van der Waals surface area contributed by atoms with Gasteiger partial charge in [-0.15, -0.1) is 0 Å². The lowest BCUT2D eigenvalue weighted by molar-refractivity contribution is -0.142. The summed E-state index contributed by atoms with van der Waals surface area (Å²) in [7, 11) is 0. The molecule has 30 heavy (non-hydrogen) atoms. The number of nitrogens with one attached hydrogen (secondary N) is 2. The summed E-state index contributed by atoms with van der Waals surface area (Å²) >= 11 is 0. The van der Waals surface area contributed by atoms with Gasteiger partial charge in [0.15, 0.2) is 0 Å². The number of benzene rings is 1. The van der Waals surface area contributed by atoms with Gasteiger partial charge in [0.2, 0.25) is 11.8 Å². The second kappa shape index (κ2) is 9.51. The molecule has 1 aromatic rings. The van der Waals surface area contributed by atoms with Crippen molar-refractivity contribution in [1.29, 1.82) is 0 Å². The van der Waals surface area contributed by atoms with Gasteiger partial charge in [-0.05, 0) is 38.2 Å². The minimum atomic E-state index is -0.399. The van der Waals surface area contributed by atoms with Gasteiger partial charge in [0.05, 0.1) is 5.92 Å². The van der Waals surface area contributed by atoms with Crippen LogP contribution in [-0.2, 0) is 9.59 Å². The molecule has 3 rings (SSSR count). The number of nitrogens with zero attached hydrogens (tertiary/aromatic N) is 1. The Morgan fingerprint density at radius 3 is 2.43 bits per heavy atom.